The molecule has 3 atom stereocenters. The third kappa shape index (κ3) is 2.13. The summed E-state index contributed by atoms with van der Waals surface area (Å²) in [5, 5.41) is 3.20. The maximum Gasteiger partial charge on any atom is 0.0898 e. The molecule has 2 aromatic rings. The highest BCUT2D eigenvalue weighted by Crippen LogP contribution is 2.53. The molecule has 3 unspecified atom stereocenters. The maximum absolute atomic E-state index is 6.29. The van der Waals surface area contributed by atoms with Crippen LogP contribution in [0.5, 0.6) is 0 Å². The van der Waals surface area contributed by atoms with Crippen molar-refractivity contribution >= 4 is 11.3 Å². The van der Waals surface area contributed by atoms with Crippen molar-refractivity contribution in [3.05, 3.63) is 52.0 Å². The second-order valence-corrected chi connectivity index (χ2v) is 5.80. The van der Waals surface area contributed by atoms with Crippen LogP contribution in [0.1, 0.15) is 34.6 Å². The first kappa shape index (κ1) is 10.9. The predicted octanol–water partition coefficient (Wildman–Crippen LogP) is 3.26. The Hall–Kier alpha value is -1.19. The fourth-order valence-corrected chi connectivity index (χ4v) is 3.11. The predicted molar refractivity (Wildman–Crippen MR) is 71.1 cm³/mol. The van der Waals surface area contributed by atoms with Crippen molar-refractivity contribution in [2.75, 3.05) is 0 Å². The van der Waals surface area contributed by atoms with Crippen LogP contribution < -0.4 is 5.73 Å². The van der Waals surface area contributed by atoms with Gasteiger partial charge in [0, 0.05) is 5.38 Å². The van der Waals surface area contributed by atoms with E-state index >= 15 is 0 Å². The molecule has 2 nitrogen and oxygen atoms in total. The molecule has 0 aliphatic heterocycles. The largest absolute Gasteiger partial charge is 0.322 e. The zero-order chi connectivity index (χ0) is 11.8. The molecule has 1 fully saturated rings. The molecule has 0 bridgehead atoms. The van der Waals surface area contributed by atoms with E-state index in [-0.39, 0.29) is 6.04 Å². The van der Waals surface area contributed by atoms with Crippen LogP contribution in [0.2, 0.25) is 0 Å². The molecule has 0 amide bonds. The number of nitrogens with two attached hydrogens (primary N) is 1. The van der Waals surface area contributed by atoms with E-state index in [9.17, 15) is 0 Å². The number of aryl methyl sites for hydroxylation is 1. The quantitative estimate of drug-likeness (QED) is 0.900. The number of nitrogens with zero attached hydrogens (tertiary/aromatic N) is 1. The Balaban J connectivity index is 1.73. The number of aromatic nitrogens is 1. The first-order valence-corrected chi connectivity index (χ1v) is 6.86. The molecule has 0 spiro atoms. The van der Waals surface area contributed by atoms with Crippen molar-refractivity contribution in [3.8, 4) is 0 Å². The van der Waals surface area contributed by atoms with E-state index in [4.69, 9.17) is 5.73 Å². The summed E-state index contributed by atoms with van der Waals surface area (Å²) < 4.78 is 0. The Labute approximate surface area is 106 Å². The van der Waals surface area contributed by atoms with Gasteiger partial charge in [-0.05, 0) is 30.7 Å². The molecule has 88 valence electrons. The van der Waals surface area contributed by atoms with E-state index in [1.54, 1.807) is 11.3 Å². The fraction of sp³-hybridized carbons (Fsp3) is 0.357. The monoisotopic (exact) mass is 244 g/mol. The van der Waals surface area contributed by atoms with Crippen LogP contribution >= 0.6 is 11.3 Å². The smallest absolute Gasteiger partial charge is 0.0898 e. The normalized spacial score (nSPS) is 24.6. The lowest BCUT2D eigenvalue weighted by atomic mass is 10.0. The highest BCUT2D eigenvalue weighted by molar-refractivity contribution is 7.09. The highest BCUT2D eigenvalue weighted by atomic mass is 32.1. The molecule has 0 radical (unpaired) electrons. The molecule has 1 aromatic carbocycles. The van der Waals surface area contributed by atoms with Crippen LogP contribution in [0.25, 0.3) is 0 Å². The number of rotatable bonds is 3. The molecule has 1 aliphatic rings. The molecule has 1 aromatic heterocycles. The lowest BCUT2D eigenvalue weighted by Gasteiger charge is -2.08. The summed E-state index contributed by atoms with van der Waals surface area (Å²) >= 11 is 1.68. The highest BCUT2D eigenvalue weighted by Gasteiger charge is 2.43. The van der Waals surface area contributed by atoms with Gasteiger partial charge >= 0.3 is 0 Å². The van der Waals surface area contributed by atoms with Gasteiger partial charge in [-0.2, -0.15) is 0 Å². The molecule has 1 saturated carbocycles. The van der Waals surface area contributed by atoms with Crippen molar-refractivity contribution in [1.82, 2.24) is 4.98 Å². The molecule has 0 saturated heterocycles. The van der Waals surface area contributed by atoms with Gasteiger partial charge in [0.1, 0.15) is 0 Å². The third-order valence-electron chi connectivity index (χ3n) is 3.51. The Morgan fingerprint density at radius 1 is 1.35 bits per heavy atom. The average Bonchev–Trinajstić information content (AvgIpc) is 3.05. The van der Waals surface area contributed by atoms with Gasteiger partial charge in [-0.3, -0.25) is 0 Å². The summed E-state index contributed by atoms with van der Waals surface area (Å²) in [6.45, 7) is 2.03. The minimum Gasteiger partial charge on any atom is -0.322 e. The summed E-state index contributed by atoms with van der Waals surface area (Å²) in [5.74, 6) is 1.20. The number of thiazole rings is 1. The molecular weight excluding hydrogens is 228 g/mol. The van der Waals surface area contributed by atoms with Crippen molar-refractivity contribution in [3.63, 3.8) is 0 Å². The minimum atomic E-state index is 0.102. The number of hydrogen-bond donors (Lipinski definition) is 1. The van der Waals surface area contributed by atoms with Crippen molar-refractivity contribution in [2.45, 2.75) is 25.3 Å². The van der Waals surface area contributed by atoms with Gasteiger partial charge in [0.25, 0.3) is 0 Å². The van der Waals surface area contributed by atoms with Gasteiger partial charge in [-0.15, -0.1) is 11.3 Å². The molecule has 1 aliphatic carbocycles. The Kier molecular flexibility index (Phi) is 2.73. The van der Waals surface area contributed by atoms with E-state index < -0.39 is 0 Å². The van der Waals surface area contributed by atoms with Gasteiger partial charge in [-0.25, -0.2) is 4.98 Å². The van der Waals surface area contributed by atoms with Gasteiger partial charge in [0.15, 0.2) is 0 Å². The molecule has 3 rings (SSSR count). The van der Waals surface area contributed by atoms with E-state index in [1.165, 1.54) is 12.0 Å². The van der Waals surface area contributed by atoms with Crippen LogP contribution in [0, 0.1) is 12.8 Å². The van der Waals surface area contributed by atoms with Crippen LogP contribution in [0.4, 0.5) is 0 Å². The number of hydrogen-bond acceptors (Lipinski definition) is 3. The van der Waals surface area contributed by atoms with Crippen LogP contribution in [0.3, 0.4) is 0 Å². The van der Waals surface area contributed by atoms with Gasteiger partial charge in [0.2, 0.25) is 0 Å². The first-order valence-electron chi connectivity index (χ1n) is 5.98. The fourth-order valence-electron chi connectivity index (χ4n) is 2.45. The van der Waals surface area contributed by atoms with Gasteiger partial charge < -0.3 is 5.73 Å². The van der Waals surface area contributed by atoms with Crippen molar-refractivity contribution < 1.29 is 0 Å². The topological polar surface area (TPSA) is 38.9 Å². The van der Waals surface area contributed by atoms with Crippen molar-refractivity contribution in [2.24, 2.45) is 11.7 Å². The average molecular weight is 244 g/mol. The molecule has 2 N–H and O–H groups in total. The first-order chi connectivity index (χ1) is 8.25. The lowest BCUT2D eigenvalue weighted by molar-refractivity contribution is 0.601. The van der Waals surface area contributed by atoms with Gasteiger partial charge in [-0.1, -0.05) is 30.3 Å². The van der Waals surface area contributed by atoms with E-state index in [0.717, 1.165) is 10.7 Å². The van der Waals surface area contributed by atoms with Crippen LogP contribution in [-0.4, -0.2) is 4.98 Å². The van der Waals surface area contributed by atoms with Crippen molar-refractivity contribution in [1.29, 1.82) is 0 Å². The third-order valence-corrected chi connectivity index (χ3v) is 4.30. The zero-order valence-corrected chi connectivity index (χ0v) is 10.7. The summed E-state index contributed by atoms with van der Waals surface area (Å²) in [5.41, 5.74) is 8.77. The summed E-state index contributed by atoms with van der Waals surface area (Å²) in [7, 11) is 0. The lowest BCUT2D eigenvalue weighted by Crippen LogP contribution is -2.13. The second kappa shape index (κ2) is 4.24. The summed E-state index contributed by atoms with van der Waals surface area (Å²) in [6, 6.07) is 10.8. The molecular formula is C14H16N2S. The van der Waals surface area contributed by atoms with E-state index in [2.05, 4.69) is 40.7 Å². The summed E-state index contributed by atoms with van der Waals surface area (Å²) in [4.78, 5) is 4.49. The SMILES string of the molecule is Cc1nc(C(N)C2CC2c2ccccc2)cs1. The molecule has 17 heavy (non-hydrogen) atoms. The summed E-state index contributed by atoms with van der Waals surface area (Å²) in [6.07, 6.45) is 1.20. The maximum atomic E-state index is 6.29. The Morgan fingerprint density at radius 2 is 2.12 bits per heavy atom. The van der Waals surface area contributed by atoms with E-state index in [1.807, 2.05) is 6.92 Å². The molecule has 1 heterocycles. The second-order valence-electron chi connectivity index (χ2n) is 4.73. The van der Waals surface area contributed by atoms with Crippen LogP contribution in [-0.2, 0) is 0 Å². The van der Waals surface area contributed by atoms with Crippen LogP contribution in [0.15, 0.2) is 35.7 Å². The zero-order valence-electron chi connectivity index (χ0n) is 9.84. The Morgan fingerprint density at radius 3 is 2.76 bits per heavy atom. The number of benzene rings is 1. The standard InChI is InChI=1S/C14H16N2S/c1-9-16-13(8-17-9)14(15)12-7-11(12)10-5-3-2-4-6-10/h2-6,8,11-12,14H,7,15H2,1H3. The Bertz CT molecular complexity index is 506. The van der Waals surface area contributed by atoms with Gasteiger partial charge in [0.05, 0.1) is 16.7 Å². The molecule has 3 heteroatoms. The van der Waals surface area contributed by atoms with E-state index in [0.29, 0.717) is 11.8 Å². The minimum absolute atomic E-state index is 0.102.